The highest BCUT2D eigenvalue weighted by Gasteiger charge is 2.66. The minimum absolute atomic E-state index is 0.0672. The molecule has 2 aromatic carbocycles. The predicted molar refractivity (Wildman–Crippen MR) is 99.5 cm³/mol. The second kappa shape index (κ2) is 7.79. The van der Waals surface area contributed by atoms with Gasteiger partial charge in [0.05, 0.1) is 25.2 Å². The van der Waals surface area contributed by atoms with Crippen LogP contribution in [0.25, 0.3) is 0 Å². The van der Waals surface area contributed by atoms with E-state index >= 15 is 0 Å². The largest absolute Gasteiger partial charge is 0.497 e. The maximum atomic E-state index is 14.2. The number of non-ortho nitro benzene ring substituents is 1. The quantitative estimate of drug-likeness (QED) is 0.539. The van der Waals surface area contributed by atoms with Gasteiger partial charge in [0.1, 0.15) is 5.75 Å². The van der Waals surface area contributed by atoms with Gasteiger partial charge >= 0.3 is 6.18 Å². The second-order valence-electron chi connectivity index (χ2n) is 6.58. The molecule has 1 atom stereocenters. The van der Waals surface area contributed by atoms with Gasteiger partial charge in [0.15, 0.2) is 0 Å². The van der Waals surface area contributed by atoms with Crippen LogP contribution < -0.4 is 4.74 Å². The Labute approximate surface area is 169 Å². The normalized spacial score (nSPS) is 19.7. The maximum Gasteiger partial charge on any atom is 0.431 e. The summed E-state index contributed by atoms with van der Waals surface area (Å²) in [5, 5.41) is 10.8. The first kappa shape index (κ1) is 21.3. The topological polar surface area (TPSA) is 81.9 Å². The maximum absolute atomic E-state index is 14.2. The van der Waals surface area contributed by atoms with Gasteiger partial charge in [-0.3, -0.25) is 14.9 Å². The van der Waals surface area contributed by atoms with E-state index in [0.29, 0.717) is 11.3 Å². The molecule has 0 aromatic heterocycles. The van der Waals surface area contributed by atoms with E-state index in [9.17, 15) is 28.1 Å². The van der Waals surface area contributed by atoms with Gasteiger partial charge < -0.3 is 14.4 Å². The molecule has 0 radical (unpaired) electrons. The molecule has 1 saturated heterocycles. The number of rotatable bonds is 5. The molecule has 0 N–H and O–H groups in total. The summed E-state index contributed by atoms with van der Waals surface area (Å²) in [6.45, 7) is 2.95. The van der Waals surface area contributed by atoms with E-state index in [1.54, 1.807) is 24.3 Å². The lowest BCUT2D eigenvalue weighted by molar-refractivity contribution is -0.384. The first-order valence-corrected chi connectivity index (χ1v) is 8.68. The lowest BCUT2D eigenvalue weighted by Crippen LogP contribution is -2.60. The molecule has 1 amide bonds. The van der Waals surface area contributed by atoms with Gasteiger partial charge in [0.2, 0.25) is 0 Å². The molecule has 0 saturated carbocycles. The molecular weight excluding hydrogens is 405 g/mol. The fourth-order valence-electron chi connectivity index (χ4n) is 3.15. The Kier molecular flexibility index (Phi) is 5.53. The fourth-order valence-corrected chi connectivity index (χ4v) is 3.15. The number of carbonyl (C=O) groups excluding carboxylic acids is 1. The van der Waals surface area contributed by atoms with E-state index in [1.807, 2.05) is 0 Å². The number of hydrogen-bond donors (Lipinski definition) is 0. The number of halogens is 3. The van der Waals surface area contributed by atoms with Crippen molar-refractivity contribution in [1.29, 1.82) is 0 Å². The molecule has 0 aliphatic carbocycles. The van der Waals surface area contributed by atoms with Gasteiger partial charge in [-0.25, -0.2) is 0 Å². The Morgan fingerprint density at radius 3 is 2.30 bits per heavy atom. The van der Waals surface area contributed by atoms with Gasteiger partial charge in [-0.2, -0.15) is 13.2 Å². The van der Waals surface area contributed by atoms with Crippen LogP contribution in [0.4, 0.5) is 18.9 Å². The minimum Gasteiger partial charge on any atom is -0.497 e. The zero-order valence-corrected chi connectivity index (χ0v) is 15.8. The van der Waals surface area contributed by atoms with Crippen molar-refractivity contribution in [2.45, 2.75) is 18.3 Å². The minimum atomic E-state index is -5.11. The van der Waals surface area contributed by atoms with Crippen molar-refractivity contribution in [2.75, 3.05) is 13.7 Å². The molecule has 1 fully saturated rings. The number of alkyl halides is 3. The summed E-state index contributed by atoms with van der Waals surface area (Å²) in [6.07, 6.45) is -5.11. The molecule has 7 nitrogen and oxygen atoms in total. The molecule has 158 valence electrons. The highest BCUT2D eigenvalue weighted by Crippen LogP contribution is 2.47. The van der Waals surface area contributed by atoms with Gasteiger partial charge in [0.25, 0.3) is 17.2 Å². The zero-order chi connectivity index (χ0) is 22.1. The molecule has 1 aliphatic heterocycles. The number of amides is 1. The summed E-state index contributed by atoms with van der Waals surface area (Å²) in [4.78, 5) is 24.1. The van der Waals surface area contributed by atoms with Crippen molar-refractivity contribution in [1.82, 2.24) is 4.90 Å². The van der Waals surface area contributed by atoms with Gasteiger partial charge in [-0.05, 0) is 29.8 Å². The van der Waals surface area contributed by atoms with Crippen molar-refractivity contribution in [3.8, 4) is 5.75 Å². The number of nitro benzene ring substituents is 1. The lowest BCUT2D eigenvalue weighted by atomic mass is 9.89. The van der Waals surface area contributed by atoms with E-state index in [1.165, 1.54) is 7.11 Å². The second-order valence-corrected chi connectivity index (χ2v) is 6.58. The van der Waals surface area contributed by atoms with Crippen LogP contribution in [-0.2, 0) is 21.7 Å². The van der Waals surface area contributed by atoms with E-state index < -0.39 is 40.5 Å². The molecular formula is C20H17F3N2O5. The van der Waals surface area contributed by atoms with Crippen molar-refractivity contribution in [3.05, 3.63) is 82.0 Å². The lowest BCUT2D eigenvalue weighted by Gasteiger charge is -2.43. The molecule has 30 heavy (non-hydrogen) atoms. The first-order chi connectivity index (χ1) is 14.1. The van der Waals surface area contributed by atoms with Crippen LogP contribution in [-0.4, -0.2) is 35.6 Å². The zero-order valence-electron chi connectivity index (χ0n) is 15.8. The van der Waals surface area contributed by atoms with Gasteiger partial charge in [-0.1, -0.05) is 18.7 Å². The molecule has 2 aromatic rings. The first-order valence-electron chi connectivity index (χ1n) is 8.68. The third-order valence-corrected chi connectivity index (χ3v) is 4.77. The van der Waals surface area contributed by atoms with E-state index in [0.717, 1.165) is 29.2 Å². The Bertz CT molecular complexity index is 973. The van der Waals surface area contributed by atoms with E-state index in [4.69, 9.17) is 9.47 Å². The summed E-state index contributed by atoms with van der Waals surface area (Å²) in [7, 11) is 1.48. The molecule has 1 heterocycles. The molecule has 0 bridgehead atoms. The summed E-state index contributed by atoms with van der Waals surface area (Å²) in [6, 6.07) is 10.0. The summed E-state index contributed by atoms with van der Waals surface area (Å²) in [5.74, 6) is -0.808. The number of ether oxygens (including phenoxy) is 2. The Morgan fingerprint density at radius 2 is 1.80 bits per heavy atom. The molecule has 1 aliphatic rings. The van der Waals surface area contributed by atoms with E-state index in [-0.39, 0.29) is 12.2 Å². The smallest absolute Gasteiger partial charge is 0.431 e. The Balaban J connectivity index is 2.01. The van der Waals surface area contributed by atoms with Crippen LogP contribution in [0.5, 0.6) is 5.75 Å². The number of carbonyl (C=O) groups is 1. The van der Waals surface area contributed by atoms with Crippen LogP contribution in [0.3, 0.4) is 0 Å². The number of morpholine rings is 1. The molecule has 1 unspecified atom stereocenters. The van der Waals surface area contributed by atoms with Crippen LogP contribution >= 0.6 is 0 Å². The molecule has 10 heteroatoms. The third kappa shape index (κ3) is 3.61. The Hall–Kier alpha value is -3.40. The van der Waals surface area contributed by atoms with Gasteiger partial charge in [-0.15, -0.1) is 0 Å². The average molecular weight is 422 g/mol. The SMILES string of the molecule is C=C1COC(c2ccc([N+](=O)[O-])cc2)(C(F)(F)F)C(=O)N1Cc1ccc(OC)cc1. The number of nitro groups is 1. The number of methoxy groups -OCH3 is 1. The van der Waals surface area contributed by atoms with Crippen LogP contribution in [0, 0.1) is 10.1 Å². The van der Waals surface area contributed by atoms with Crippen molar-refractivity contribution < 1.29 is 32.4 Å². The number of hydrogen-bond acceptors (Lipinski definition) is 5. The van der Waals surface area contributed by atoms with Crippen LogP contribution in [0.15, 0.2) is 60.8 Å². The Morgan fingerprint density at radius 1 is 1.20 bits per heavy atom. The summed E-state index contributed by atoms with van der Waals surface area (Å²) >= 11 is 0. The van der Waals surface area contributed by atoms with Crippen LogP contribution in [0.2, 0.25) is 0 Å². The van der Waals surface area contributed by atoms with E-state index in [2.05, 4.69) is 6.58 Å². The number of nitrogens with zero attached hydrogens (tertiary/aromatic N) is 2. The van der Waals surface area contributed by atoms with Crippen LogP contribution in [0.1, 0.15) is 11.1 Å². The summed E-state index contributed by atoms with van der Waals surface area (Å²) < 4.78 is 52.6. The standard InChI is InChI=1S/C20H17F3N2O5/c1-13-12-30-19(20(21,22)23,15-5-7-16(8-6-15)25(27)28)18(26)24(13)11-14-3-9-17(29-2)10-4-14/h3-10H,1,11-12H2,2H3. The summed E-state index contributed by atoms with van der Waals surface area (Å²) in [5.41, 5.74) is -3.61. The monoisotopic (exact) mass is 422 g/mol. The molecule has 0 spiro atoms. The van der Waals surface area contributed by atoms with Crippen molar-refractivity contribution in [3.63, 3.8) is 0 Å². The number of benzene rings is 2. The predicted octanol–water partition coefficient (Wildman–Crippen LogP) is 3.93. The van der Waals surface area contributed by atoms with Gasteiger partial charge in [0, 0.05) is 23.4 Å². The fraction of sp³-hybridized carbons (Fsp3) is 0.250. The van der Waals surface area contributed by atoms with Crippen molar-refractivity contribution >= 4 is 11.6 Å². The molecule has 3 rings (SSSR count). The van der Waals surface area contributed by atoms with Crippen molar-refractivity contribution in [2.24, 2.45) is 0 Å². The third-order valence-electron chi connectivity index (χ3n) is 4.77. The highest BCUT2D eigenvalue weighted by molar-refractivity contribution is 5.90. The highest BCUT2D eigenvalue weighted by atomic mass is 19.4. The average Bonchev–Trinajstić information content (AvgIpc) is 2.71.